The van der Waals surface area contributed by atoms with E-state index in [2.05, 4.69) is 15.0 Å². The highest BCUT2D eigenvalue weighted by Gasteiger charge is 2.25. The third-order valence-corrected chi connectivity index (χ3v) is 6.17. The summed E-state index contributed by atoms with van der Waals surface area (Å²) in [6, 6.07) is 12.0. The molecule has 0 radical (unpaired) electrons. The second-order valence-corrected chi connectivity index (χ2v) is 8.22. The average molecular weight is 390 g/mol. The molecule has 5 rings (SSSR count). The highest BCUT2D eigenvalue weighted by molar-refractivity contribution is 5.56. The lowest BCUT2D eigenvalue weighted by Crippen LogP contribution is -2.35. The first-order chi connectivity index (χ1) is 14.3. The fraction of sp³-hybridized carbons (Fsp3) is 0.435. The molecule has 3 heterocycles. The monoisotopic (exact) mass is 390 g/mol. The van der Waals surface area contributed by atoms with E-state index in [1.165, 1.54) is 19.3 Å². The van der Waals surface area contributed by atoms with Crippen molar-refractivity contribution in [1.29, 1.82) is 0 Å². The molecule has 0 unspecified atom stereocenters. The van der Waals surface area contributed by atoms with Gasteiger partial charge < -0.3 is 9.51 Å². The van der Waals surface area contributed by atoms with Crippen molar-refractivity contribution in [3.8, 4) is 11.3 Å². The van der Waals surface area contributed by atoms with Gasteiger partial charge in [0.25, 0.3) is 5.56 Å². The van der Waals surface area contributed by atoms with Crippen LogP contribution in [0.25, 0.3) is 11.3 Å². The van der Waals surface area contributed by atoms with E-state index < -0.39 is 0 Å². The maximum atomic E-state index is 12.6. The fourth-order valence-corrected chi connectivity index (χ4v) is 4.57. The van der Waals surface area contributed by atoms with Crippen molar-refractivity contribution in [3.05, 3.63) is 69.5 Å². The van der Waals surface area contributed by atoms with E-state index in [0.717, 1.165) is 59.9 Å². The van der Waals surface area contributed by atoms with E-state index in [4.69, 9.17) is 9.51 Å². The summed E-state index contributed by atoms with van der Waals surface area (Å²) in [5.74, 6) is 2.08. The normalized spacial score (nSPS) is 17.9. The Bertz CT molecular complexity index is 1030. The predicted molar refractivity (Wildman–Crippen MR) is 110 cm³/mol. The molecule has 0 atom stereocenters. The van der Waals surface area contributed by atoms with Gasteiger partial charge in [-0.1, -0.05) is 54.8 Å². The van der Waals surface area contributed by atoms with Gasteiger partial charge in [0, 0.05) is 42.7 Å². The van der Waals surface area contributed by atoms with Crippen molar-refractivity contribution >= 4 is 0 Å². The number of H-pyrrole nitrogens is 1. The number of hydrogen-bond acceptors (Lipinski definition) is 5. The van der Waals surface area contributed by atoms with Gasteiger partial charge in [0.05, 0.1) is 11.4 Å². The minimum atomic E-state index is 0.0584. The third-order valence-electron chi connectivity index (χ3n) is 6.17. The Morgan fingerprint density at radius 1 is 1.14 bits per heavy atom. The topological polar surface area (TPSA) is 75.0 Å². The predicted octanol–water partition coefficient (Wildman–Crippen LogP) is 4.03. The summed E-state index contributed by atoms with van der Waals surface area (Å²) in [5.41, 5.74) is 3.78. The Kier molecular flexibility index (Phi) is 5.02. The molecular formula is C23H26N4O2. The summed E-state index contributed by atoms with van der Waals surface area (Å²) in [6.45, 7) is 2.21. The molecule has 29 heavy (non-hydrogen) atoms. The van der Waals surface area contributed by atoms with E-state index in [-0.39, 0.29) is 5.56 Å². The second-order valence-electron chi connectivity index (χ2n) is 8.22. The van der Waals surface area contributed by atoms with Gasteiger partial charge in [-0.2, -0.15) is 0 Å². The number of aromatic amines is 1. The van der Waals surface area contributed by atoms with E-state index in [1.807, 2.05) is 36.4 Å². The minimum absolute atomic E-state index is 0.0584. The average Bonchev–Trinajstić information content (AvgIpc) is 3.23. The van der Waals surface area contributed by atoms with Crippen LogP contribution >= 0.6 is 0 Å². The molecule has 0 spiro atoms. The van der Waals surface area contributed by atoms with E-state index in [1.54, 1.807) is 0 Å². The molecule has 6 heteroatoms. The Hall–Kier alpha value is -2.73. The molecule has 6 nitrogen and oxygen atoms in total. The number of hydrogen-bond donors (Lipinski definition) is 1. The van der Waals surface area contributed by atoms with Gasteiger partial charge >= 0.3 is 0 Å². The first kappa shape index (κ1) is 18.3. The van der Waals surface area contributed by atoms with Gasteiger partial charge in [0.15, 0.2) is 5.76 Å². The number of fused-ring (bicyclic) bond motifs is 1. The number of nitrogens with one attached hydrogen (secondary N) is 1. The Morgan fingerprint density at radius 2 is 1.97 bits per heavy atom. The van der Waals surface area contributed by atoms with Crippen LogP contribution in [0.3, 0.4) is 0 Å². The van der Waals surface area contributed by atoms with Crippen LogP contribution < -0.4 is 5.56 Å². The van der Waals surface area contributed by atoms with Crippen LogP contribution in [0.1, 0.15) is 60.8 Å². The van der Waals surface area contributed by atoms with Crippen molar-refractivity contribution in [2.24, 2.45) is 0 Å². The molecular weight excluding hydrogens is 364 g/mol. The second kappa shape index (κ2) is 7.95. The molecule has 1 aliphatic heterocycles. The first-order valence-electron chi connectivity index (χ1n) is 10.6. The van der Waals surface area contributed by atoms with E-state index in [0.29, 0.717) is 19.0 Å². The summed E-state index contributed by atoms with van der Waals surface area (Å²) >= 11 is 0. The highest BCUT2D eigenvalue weighted by Crippen LogP contribution is 2.31. The van der Waals surface area contributed by atoms with Gasteiger partial charge in [0.2, 0.25) is 0 Å². The Morgan fingerprint density at radius 3 is 2.79 bits per heavy atom. The first-order valence-corrected chi connectivity index (χ1v) is 10.6. The van der Waals surface area contributed by atoms with Crippen LogP contribution in [0, 0.1) is 0 Å². The maximum absolute atomic E-state index is 12.6. The summed E-state index contributed by atoms with van der Waals surface area (Å²) in [6.07, 6.45) is 6.74. The fourth-order valence-electron chi connectivity index (χ4n) is 4.57. The summed E-state index contributed by atoms with van der Waals surface area (Å²) in [5, 5.41) is 4.25. The van der Waals surface area contributed by atoms with Crippen LogP contribution in [-0.4, -0.2) is 26.6 Å². The molecule has 3 aromatic rings. The largest absolute Gasteiger partial charge is 0.356 e. The third kappa shape index (κ3) is 3.90. The summed E-state index contributed by atoms with van der Waals surface area (Å²) in [4.78, 5) is 22.9. The molecule has 2 aromatic heterocycles. The quantitative estimate of drug-likeness (QED) is 0.728. The lowest BCUT2D eigenvalue weighted by molar-refractivity contribution is 0.232. The number of nitrogens with zero attached hydrogens (tertiary/aromatic N) is 3. The summed E-state index contributed by atoms with van der Waals surface area (Å²) < 4.78 is 5.53. The number of aromatic nitrogens is 3. The van der Waals surface area contributed by atoms with Crippen LogP contribution in [0.2, 0.25) is 0 Å². The molecule has 1 fully saturated rings. The van der Waals surface area contributed by atoms with Gasteiger partial charge in [-0.3, -0.25) is 9.69 Å². The lowest BCUT2D eigenvalue weighted by atomic mass is 9.88. The van der Waals surface area contributed by atoms with Crippen LogP contribution in [0.4, 0.5) is 0 Å². The van der Waals surface area contributed by atoms with Crippen molar-refractivity contribution in [1.82, 2.24) is 20.0 Å². The highest BCUT2D eigenvalue weighted by atomic mass is 16.5. The maximum Gasteiger partial charge on any atom is 0.254 e. The standard InChI is InChI=1S/C23H26N4O2/c28-23-19-11-12-27(14-18-13-21(29-26-18)16-7-3-1-4-8-16)15-20(19)24-22(25-23)17-9-5-2-6-10-17/h1,3-4,7-8,13,17H,2,5-6,9-12,14-15H2,(H,24,25,28). The molecule has 0 bridgehead atoms. The van der Waals surface area contributed by atoms with E-state index in [9.17, 15) is 4.79 Å². The molecule has 150 valence electrons. The van der Waals surface area contributed by atoms with Crippen molar-refractivity contribution in [2.75, 3.05) is 6.54 Å². The zero-order valence-corrected chi connectivity index (χ0v) is 16.6. The van der Waals surface area contributed by atoms with Crippen LogP contribution in [0.15, 0.2) is 45.7 Å². The van der Waals surface area contributed by atoms with Crippen molar-refractivity contribution in [2.45, 2.75) is 57.5 Å². The van der Waals surface area contributed by atoms with Gasteiger partial charge in [-0.25, -0.2) is 4.98 Å². The summed E-state index contributed by atoms with van der Waals surface area (Å²) in [7, 11) is 0. The minimum Gasteiger partial charge on any atom is -0.356 e. The molecule has 0 amide bonds. The Balaban J connectivity index is 1.32. The van der Waals surface area contributed by atoms with Gasteiger partial charge in [0.1, 0.15) is 5.82 Å². The van der Waals surface area contributed by atoms with Crippen LogP contribution in [-0.2, 0) is 19.5 Å². The Labute approximate surface area is 170 Å². The smallest absolute Gasteiger partial charge is 0.254 e. The lowest BCUT2D eigenvalue weighted by Gasteiger charge is -2.28. The zero-order valence-electron chi connectivity index (χ0n) is 16.6. The van der Waals surface area contributed by atoms with Crippen molar-refractivity contribution < 1.29 is 4.52 Å². The van der Waals surface area contributed by atoms with Crippen molar-refractivity contribution in [3.63, 3.8) is 0 Å². The molecule has 0 saturated heterocycles. The van der Waals surface area contributed by atoms with Gasteiger partial charge in [-0.15, -0.1) is 0 Å². The molecule has 1 aliphatic carbocycles. The van der Waals surface area contributed by atoms with E-state index >= 15 is 0 Å². The number of rotatable bonds is 4. The molecule has 2 aliphatic rings. The number of benzene rings is 1. The van der Waals surface area contributed by atoms with Gasteiger partial charge in [-0.05, 0) is 19.3 Å². The molecule has 1 N–H and O–H groups in total. The zero-order chi connectivity index (χ0) is 19.6. The molecule has 1 saturated carbocycles. The SMILES string of the molecule is O=c1[nH]c(C2CCCCC2)nc2c1CCN(Cc1cc(-c3ccccc3)on1)C2. The van der Waals surface area contributed by atoms with Crippen LogP contribution in [0.5, 0.6) is 0 Å². The molecule has 1 aromatic carbocycles.